The van der Waals surface area contributed by atoms with Crippen LogP contribution in [-0.4, -0.2) is 5.11 Å². The number of phenolic OH excluding ortho intramolecular Hbond substituents is 1. The monoisotopic (exact) mass is 368 g/mol. The summed E-state index contributed by atoms with van der Waals surface area (Å²) in [5.41, 5.74) is 0. The van der Waals surface area contributed by atoms with Crippen LogP contribution in [0.3, 0.4) is 0 Å². The average Bonchev–Trinajstić information content (AvgIpc) is 3.12. The first-order valence-electron chi connectivity index (χ1n) is 5.78. The van der Waals surface area contributed by atoms with Crippen molar-refractivity contribution in [2.24, 2.45) is 0 Å². The van der Waals surface area contributed by atoms with E-state index in [0.29, 0.717) is 12.1 Å². The van der Waals surface area contributed by atoms with Gasteiger partial charge in [0.1, 0.15) is 5.75 Å². The molecule has 108 valence electrons. The molecular weight excluding hydrogens is 356 g/mol. The van der Waals surface area contributed by atoms with Crippen LogP contribution in [0.25, 0.3) is 0 Å². The molecule has 0 heterocycles. The SMILES string of the molecule is Oc1cc(F)c(F)c(F)c1.[Zr+2].c1cc[cH-]c1.c1cc[cH-]c1. The van der Waals surface area contributed by atoms with E-state index in [1.165, 1.54) is 0 Å². The number of phenols is 1. The quantitative estimate of drug-likeness (QED) is 0.453. The zero-order chi connectivity index (χ0) is 14.8. The topological polar surface area (TPSA) is 20.2 Å². The Hall–Kier alpha value is -1.61. The second-order valence-electron chi connectivity index (χ2n) is 3.65. The first-order chi connectivity index (χ1) is 9.61. The van der Waals surface area contributed by atoms with Gasteiger partial charge < -0.3 is 5.11 Å². The van der Waals surface area contributed by atoms with Crippen molar-refractivity contribution in [3.05, 3.63) is 90.2 Å². The number of rotatable bonds is 0. The van der Waals surface area contributed by atoms with Crippen molar-refractivity contribution >= 4 is 0 Å². The van der Waals surface area contributed by atoms with E-state index in [4.69, 9.17) is 5.11 Å². The molecule has 1 nitrogen and oxygen atoms in total. The summed E-state index contributed by atoms with van der Waals surface area (Å²) in [7, 11) is 0. The van der Waals surface area contributed by atoms with Crippen LogP contribution >= 0.6 is 0 Å². The van der Waals surface area contributed by atoms with E-state index in [2.05, 4.69) is 0 Å². The smallest absolute Gasteiger partial charge is 0.508 e. The normalized spacial score (nSPS) is 8.52. The van der Waals surface area contributed by atoms with Gasteiger partial charge in [-0.25, -0.2) is 37.4 Å². The second kappa shape index (κ2) is 11.1. The Kier molecular flexibility index (Phi) is 10.2. The Balaban J connectivity index is 0.000000307. The molecule has 0 radical (unpaired) electrons. The van der Waals surface area contributed by atoms with Crippen molar-refractivity contribution in [1.29, 1.82) is 0 Å². The Morgan fingerprint density at radius 3 is 1.29 bits per heavy atom. The molecule has 1 N–H and O–H groups in total. The summed E-state index contributed by atoms with van der Waals surface area (Å²) >= 11 is 0. The molecule has 0 bridgehead atoms. The molecule has 0 aliphatic carbocycles. The summed E-state index contributed by atoms with van der Waals surface area (Å²) in [6.45, 7) is 0. The van der Waals surface area contributed by atoms with Crippen LogP contribution in [0.5, 0.6) is 5.75 Å². The molecule has 0 aliphatic rings. The van der Waals surface area contributed by atoms with Gasteiger partial charge in [0, 0.05) is 12.1 Å². The van der Waals surface area contributed by atoms with Crippen LogP contribution in [0.15, 0.2) is 72.8 Å². The van der Waals surface area contributed by atoms with Crippen molar-refractivity contribution in [3.63, 3.8) is 0 Å². The van der Waals surface area contributed by atoms with Gasteiger partial charge in [-0.15, -0.1) is 0 Å². The fraction of sp³-hybridized carbons (Fsp3) is 0. The largest absolute Gasteiger partial charge is 2.00 e. The maximum absolute atomic E-state index is 12.1. The third-order valence-corrected chi connectivity index (χ3v) is 2.08. The third kappa shape index (κ3) is 8.31. The minimum absolute atomic E-state index is 0. The van der Waals surface area contributed by atoms with Crippen LogP contribution in [0.1, 0.15) is 0 Å². The molecular formula is C16H13F3OZr. The molecule has 21 heavy (non-hydrogen) atoms. The Morgan fingerprint density at radius 1 is 0.714 bits per heavy atom. The van der Waals surface area contributed by atoms with E-state index in [-0.39, 0.29) is 26.2 Å². The molecule has 0 amide bonds. The van der Waals surface area contributed by atoms with Crippen LogP contribution in [-0.2, 0) is 26.2 Å². The summed E-state index contributed by atoms with van der Waals surface area (Å²) in [4.78, 5) is 0. The van der Waals surface area contributed by atoms with Gasteiger partial charge >= 0.3 is 26.2 Å². The van der Waals surface area contributed by atoms with Crippen molar-refractivity contribution in [2.45, 2.75) is 0 Å². The number of hydrogen-bond acceptors (Lipinski definition) is 1. The first kappa shape index (κ1) is 19.4. The van der Waals surface area contributed by atoms with Crippen LogP contribution in [0.4, 0.5) is 13.2 Å². The third-order valence-electron chi connectivity index (χ3n) is 2.08. The molecule has 3 aromatic rings. The van der Waals surface area contributed by atoms with Gasteiger partial charge in [0.05, 0.1) is 0 Å². The molecule has 0 spiro atoms. The van der Waals surface area contributed by atoms with Crippen molar-refractivity contribution in [2.75, 3.05) is 0 Å². The second-order valence-corrected chi connectivity index (χ2v) is 3.65. The Morgan fingerprint density at radius 2 is 1.05 bits per heavy atom. The molecule has 0 aromatic heterocycles. The van der Waals surface area contributed by atoms with Gasteiger partial charge in [-0.05, 0) is 0 Å². The van der Waals surface area contributed by atoms with E-state index in [1.54, 1.807) is 0 Å². The van der Waals surface area contributed by atoms with Crippen molar-refractivity contribution in [1.82, 2.24) is 0 Å². The van der Waals surface area contributed by atoms with Crippen molar-refractivity contribution < 1.29 is 44.5 Å². The molecule has 0 saturated carbocycles. The van der Waals surface area contributed by atoms with Crippen LogP contribution < -0.4 is 0 Å². The predicted octanol–water partition coefficient (Wildman–Crippen LogP) is 4.62. The summed E-state index contributed by atoms with van der Waals surface area (Å²) in [6, 6.07) is 21.0. The number of hydrogen-bond donors (Lipinski definition) is 1. The molecule has 0 atom stereocenters. The minimum atomic E-state index is -1.57. The predicted molar refractivity (Wildman–Crippen MR) is 72.1 cm³/mol. The van der Waals surface area contributed by atoms with Crippen LogP contribution in [0, 0.1) is 17.5 Å². The van der Waals surface area contributed by atoms with E-state index in [0.717, 1.165) is 0 Å². The fourth-order valence-corrected chi connectivity index (χ4v) is 1.18. The number of halogens is 3. The van der Waals surface area contributed by atoms with Gasteiger partial charge in [-0.2, -0.15) is 36.4 Å². The summed E-state index contributed by atoms with van der Waals surface area (Å²) in [6.07, 6.45) is 0. The summed E-state index contributed by atoms with van der Waals surface area (Å²) < 4.78 is 36.2. The molecule has 5 heteroatoms. The Labute approximate surface area is 140 Å². The molecule has 3 rings (SSSR count). The molecule has 3 aromatic carbocycles. The Bertz CT molecular complexity index is 494. The van der Waals surface area contributed by atoms with E-state index in [9.17, 15) is 13.2 Å². The summed E-state index contributed by atoms with van der Waals surface area (Å²) in [5.74, 6) is -4.98. The fourth-order valence-electron chi connectivity index (χ4n) is 1.18. The molecule has 0 aliphatic heterocycles. The standard InChI is InChI=1S/C6H3F3O.2C5H5.Zr/c7-4-1-3(10)2-5(8)6(4)9;2*1-2-4-5-3-1;/h1-2,10H;2*1-5H;/q;2*-1;+2. The van der Waals surface area contributed by atoms with Gasteiger partial charge in [-0.3, -0.25) is 0 Å². The zero-order valence-electron chi connectivity index (χ0n) is 11.0. The van der Waals surface area contributed by atoms with Gasteiger partial charge in [0.2, 0.25) is 0 Å². The van der Waals surface area contributed by atoms with E-state index < -0.39 is 23.2 Å². The van der Waals surface area contributed by atoms with E-state index >= 15 is 0 Å². The average molecular weight is 369 g/mol. The van der Waals surface area contributed by atoms with Gasteiger partial charge in [0.15, 0.2) is 17.5 Å². The molecule has 0 unspecified atom stereocenters. The van der Waals surface area contributed by atoms with Gasteiger partial charge in [-0.1, -0.05) is 0 Å². The molecule has 0 fully saturated rings. The number of benzene rings is 1. The minimum Gasteiger partial charge on any atom is -0.508 e. The molecule has 0 saturated heterocycles. The number of aromatic hydroxyl groups is 1. The van der Waals surface area contributed by atoms with Gasteiger partial charge in [0.25, 0.3) is 0 Å². The first-order valence-corrected chi connectivity index (χ1v) is 5.78. The zero-order valence-corrected chi connectivity index (χ0v) is 13.5. The maximum Gasteiger partial charge on any atom is 2.00 e. The van der Waals surface area contributed by atoms with E-state index in [1.807, 2.05) is 60.7 Å². The van der Waals surface area contributed by atoms with Crippen molar-refractivity contribution in [3.8, 4) is 5.75 Å². The van der Waals surface area contributed by atoms with Crippen LogP contribution in [0.2, 0.25) is 0 Å². The summed E-state index contributed by atoms with van der Waals surface area (Å²) in [5, 5.41) is 8.47. The maximum atomic E-state index is 12.1.